The summed E-state index contributed by atoms with van der Waals surface area (Å²) in [6.07, 6.45) is 4.88. The Hall–Kier alpha value is -0.121. The molecule has 7 heavy (non-hydrogen) atoms. The van der Waals surface area contributed by atoms with Gasteiger partial charge in [-0.25, -0.2) is 9.97 Å². The second kappa shape index (κ2) is 4.05. The second-order valence-electron chi connectivity index (χ2n) is 0.904. The molecule has 2 nitrogen and oxygen atoms in total. The number of hydrogen-bond acceptors (Lipinski definition) is 2. The van der Waals surface area contributed by atoms with Gasteiger partial charge in [0, 0.05) is 12.4 Å². The molecule has 0 atom stereocenters. The normalized spacial score (nSPS) is 6.86. The van der Waals surface area contributed by atoms with Gasteiger partial charge in [-0.2, -0.15) is 0 Å². The van der Waals surface area contributed by atoms with Crippen molar-refractivity contribution in [3.8, 4) is 0 Å². The quantitative estimate of drug-likeness (QED) is 0.506. The number of rotatable bonds is 0. The van der Waals surface area contributed by atoms with Crippen molar-refractivity contribution in [3.63, 3.8) is 0 Å². The molecule has 0 amide bonds. The van der Waals surface area contributed by atoms with Gasteiger partial charge in [0.1, 0.15) is 6.33 Å². The molecule has 0 saturated carbocycles. The van der Waals surface area contributed by atoms with E-state index in [1.165, 1.54) is 6.33 Å². The van der Waals surface area contributed by atoms with Crippen molar-refractivity contribution in [2.24, 2.45) is 0 Å². The maximum absolute atomic E-state index is 3.67. The molecule has 0 fully saturated rings. The van der Waals surface area contributed by atoms with Crippen LogP contribution in [0.2, 0.25) is 0 Å². The third-order valence-electron chi connectivity index (χ3n) is 0.478. The first-order valence-electron chi connectivity index (χ1n) is 1.70. The summed E-state index contributed by atoms with van der Waals surface area (Å²) in [7, 11) is 0. The maximum atomic E-state index is 3.67. The summed E-state index contributed by atoms with van der Waals surface area (Å²) < 4.78 is 0. The number of nitrogens with zero attached hydrogens (tertiary/aromatic N) is 2. The van der Waals surface area contributed by atoms with Gasteiger partial charge in [-0.1, -0.05) is 0 Å². The van der Waals surface area contributed by atoms with E-state index >= 15 is 0 Å². The van der Waals surface area contributed by atoms with Crippen LogP contribution in [0, 0.1) is 0 Å². The first kappa shape index (κ1) is 6.88. The zero-order valence-corrected chi connectivity index (χ0v) is 3.20. The molecule has 0 saturated heterocycles. The Balaban J connectivity index is 0.000000360. The van der Waals surface area contributed by atoms with Crippen molar-refractivity contribution in [3.05, 3.63) is 24.8 Å². The fourth-order valence-corrected chi connectivity index (χ4v) is 0.253. The van der Waals surface area contributed by atoms with Crippen LogP contribution < -0.4 is 0 Å². The first-order chi connectivity index (χ1) is 3.00. The molecule has 0 aliphatic carbocycles. The molecule has 1 aromatic heterocycles. The van der Waals surface area contributed by atoms with Crippen LogP contribution in [0.4, 0.5) is 0 Å². The van der Waals surface area contributed by atoms with Gasteiger partial charge in [0.05, 0.1) is 0 Å². The monoisotopic (exact) mass is 204 g/mol. The molecule has 0 radical (unpaired) electrons. The zero-order chi connectivity index (χ0) is 4.24. The van der Waals surface area contributed by atoms with Crippen molar-refractivity contribution in [1.29, 1.82) is 0 Å². The molecule has 0 aliphatic heterocycles. The van der Waals surface area contributed by atoms with E-state index in [-0.39, 0.29) is 23.9 Å². The predicted octanol–water partition coefficient (Wildman–Crippen LogP) is -0.975. The van der Waals surface area contributed by atoms with E-state index in [0.717, 1.165) is 0 Å². The summed E-state index contributed by atoms with van der Waals surface area (Å²) in [4.78, 5) is 7.35. The molecule has 0 spiro atoms. The number of aromatic nitrogens is 2. The molecule has 1 rings (SSSR count). The summed E-state index contributed by atoms with van der Waals surface area (Å²) in [6, 6.07) is 1.78. The Bertz CT molecular complexity index is 81.6. The fourth-order valence-electron chi connectivity index (χ4n) is 0.253. The van der Waals surface area contributed by atoms with Crippen LogP contribution in [-0.4, -0.2) is 33.9 Å². The minimum Gasteiger partial charge on any atom is -0.245 e. The van der Waals surface area contributed by atoms with E-state index in [0.29, 0.717) is 0 Å². The zero-order valence-electron chi connectivity index (χ0n) is 3.20. The van der Waals surface area contributed by atoms with Gasteiger partial charge in [0.25, 0.3) is 0 Å². The van der Waals surface area contributed by atoms with Crippen LogP contribution in [-0.2, 0) is 0 Å². The molecule has 38 valence electrons. The first-order valence-corrected chi connectivity index (χ1v) is 1.70. The Kier molecular flexibility index (Phi) is 3.98. The van der Waals surface area contributed by atoms with Gasteiger partial charge in [0.15, 0.2) is 0 Å². The van der Waals surface area contributed by atoms with Crippen molar-refractivity contribution >= 4 is 23.9 Å². The molecule has 1 heterocycles. The molecular formula is C4H8N2Sn. The van der Waals surface area contributed by atoms with Crippen LogP contribution in [0.5, 0.6) is 0 Å². The van der Waals surface area contributed by atoms with Crippen LogP contribution >= 0.6 is 0 Å². The van der Waals surface area contributed by atoms with Crippen LogP contribution in [0.15, 0.2) is 24.8 Å². The minimum absolute atomic E-state index is 0. The van der Waals surface area contributed by atoms with Crippen molar-refractivity contribution in [1.82, 2.24) is 9.97 Å². The summed E-state index contributed by atoms with van der Waals surface area (Å²) in [5.74, 6) is 0. The van der Waals surface area contributed by atoms with Gasteiger partial charge < -0.3 is 0 Å². The van der Waals surface area contributed by atoms with E-state index in [1.807, 2.05) is 0 Å². The average molecular weight is 203 g/mol. The topological polar surface area (TPSA) is 25.8 Å². The largest absolute Gasteiger partial charge is 0.245 e. The Morgan fingerprint density at radius 3 is 1.71 bits per heavy atom. The third-order valence-corrected chi connectivity index (χ3v) is 0.478. The van der Waals surface area contributed by atoms with E-state index in [2.05, 4.69) is 9.97 Å². The second-order valence-corrected chi connectivity index (χ2v) is 0.904. The van der Waals surface area contributed by atoms with E-state index in [9.17, 15) is 0 Å². The SMILES string of the molecule is [SnH4].c1cncnc1. The molecular weight excluding hydrogens is 195 g/mol. The Morgan fingerprint density at radius 2 is 1.57 bits per heavy atom. The average Bonchev–Trinajstić information content (AvgIpc) is 1.72. The van der Waals surface area contributed by atoms with Crippen LogP contribution in [0.1, 0.15) is 0 Å². The van der Waals surface area contributed by atoms with E-state index in [1.54, 1.807) is 18.5 Å². The van der Waals surface area contributed by atoms with Gasteiger partial charge in [-0.05, 0) is 6.07 Å². The van der Waals surface area contributed by atoms with Crippen molar-refractivity contribution in [2.45, 2.75) is 0 Å². The van der Waals surface area contributed by atoms with Crippen molar-refractivity contribution < 1.29 is 0 Å². The van der Waals surface area contributed by atoms with E-state index < -0.39 is 0 Å². The fraction of sp³-hybridized carbons (Fsp3) is 0. The Morgan fingerprint density at radius 1 is 1.00 bits per heavy atom. The molecule has 0 bridgehead atoms. The third kappa shape index (κ3) is 2.56. The summed E-state index contributed by atoms with van der Waals surface area (Å²) in [5, 5.41) is 0. The van der Waals surface area contributed by atoms with Crippen molar-refractivity contribution in [2.75, 3.05) is 0 Å². The van der Waals surface area contributed by atoms with Gasteiger partial charge >= 0.3 is 23.9 Å². The molecule has 0 aliphatic rings. The summed E-state index contributed by atoms with van der Waals surface area (Å²) in [6.45, 7) is 0. The standard InChI is InChI=1S/C4H4N2.Sn.4H/c1-2-5-4-6-3-1;;;;;/h1-4H;;;;;. The van der Waals surface area contributed by atoms with Gasteiger partial charge in [0.2, 0.25) is 0 Å². The molecule has 0 N–H and O–H groups in total. The summed E-state index contributed by atoms with van der Waals surface area (Å²) in [5.41, 5.74) is 0. The molecule has 1 aromatic rings. The summed E-state index contributed by atoms with van der Waals surface area (Å²) >= 11 is 0. The van der Waals surface area contributed by atoms with Gasteiger partial charge in [-0.3, -0.25) is 0 Å². The number of hydrogen-bond donors (Lipinski definition) is 0. The smallest absolute Gasteiger partial charge is 0.115 e. The van der Waals surface area contributed by atoms with Crippen LogP contribution in [0.25, 0.3) is 0 Å². The van der Waals surface area contributed by atoms with Gasteiger partial charge in [-0.15, -0.1) is 0 Å². The van der Waals surface area contributed by atoms with E-state index in [4.69, 9.17) is 0 Å². The molecule has 3 heteroatoms. The molecule has 0 aromatic carbocycles. The minimum atomic E-state index is 0. The van der Waals surface area contributed by atoms with Crippen LogP contribution in [0.3, 0.4) is 0 Å². The Labute approximate surface area is 58.9 Å². The maximum Gasteiger partial charge on any atom is 0.115 e. The molecule has 0 unspecified atom stereocenters. The predicted molar refractivity (Wildman–Crippen MR) is 33.4 cm³/mol.